The topological polar surface area (TPSA) is 0 Å². The first kappa shape index (κ1) is 12.5. The third-order valence-corrected chi connectivity index (χ3v) is 4.23. The lowest BCUT2D eigenvalue weighted by atomic mass is 10.3. The van der Waals surface area contributed by atoms with Gasteiger partial charge in [-0.1, -0.05) is 31.2 Å². The number of halogens is 5. The third-order valence-electron chi connectivity index (χ3n) is 1.96. The predicted molar refractivity (Wildman–Crippen MR) is 54.3 cm³/mol. The van der Waals surface area contributed by atoms with Crippen molar-refractivity contribution in [2.24, 2.45) is 0 Å². The molecule has 0 atom stereocenters. The Morgan fingerprint density at radius 2 is 1.27 bits per heavy atom. The Kier molecular flexibility index (Phi) is 3.16. The zero-order valence-electron chi connectivity index (χ0n) is 8.39. The minimum Gasteiger partial charge on any atom is -0.205 e. The van der Waals surface area contributed by atoms with Gasteiger partial charge in [0.25, 0.3) is 0 Å². The molecule has 84 valence electrons. The van der Waals surface area contributed by atoms with E-state index in [1.54, 1.807) is 19.6 Å². The van der Waals surface area contributed by atoms with E-state index in [0.29, 0.717) is 0 Å². The molecule has 1 aromatic carbocycles. The van der Waals surface area contributed by atoms with E-state index < -0.39 is 41.6 Å². The number of rotatable bonds is 1. The normalized spacial score (nSPS) is 12.0. The lowest BCUT2D eigenvalue weighted by molar-refractivity contribution is 0.440. The number of hydrogen-bond acceptors (Lipinski definition) is 0. The number of hydrogen-bond donors (Lipinski definition) is 0. The zero-order chi connectivity index (χ0) is 12.0. The Labute approximate surface area is 90.9 Å². The molecule has 0 aliphatic rings. The summed E-state index contributed by atoms with van der Waals surface area (Å²) in [6.45, 7) is 4.84. The van der Waals surface area contributed by atoms with Crippen LogP contribution in [0.2, 0.25) is 24.7 Å². The average molecular weight is 257 g/mol. The van der Waals surface area contributed by atoms with E-state index in [1.165, 1.54) is 0 Å². The van der Waals surface area contributed by atoms with Crippen LogP contribution in [0.4, 0.5) is 17.6 Å². The van der Waals surface area contributed by atoms with E-state index in [-0.39, 0.29) is 0 Å². The molecule has 0 unspecified atom stereocenters. The highest BCUT2D eigenvalue weighted by atomic mass is 35.5. The van der Waals surface area contributed by atoms with Crippen LogP contribution in [0.5, 0.6) is 0 Å². The summed E-state index contributed by atoms with van der Waals surface area (Å²) in [5, 5.41) is -1.39. The van der Waals surface area contributed by atoms with Gasteiger partial charge >= 0.3 is 0 Å². The summed E-state index contributed by atoms with van der Waals surface area (Å²) in [4.78, 5) is 0. The summed E-state index contributed by atoms with van der Waals surface area (Å²) >= 11 is 5.23. The monoisotopic (exact) mass is 256 g/mol. The summed E-state index contributed by atoms with van der Waals surface area (Å²) in [5.74, 6) is -6.03. The van der Waals surface area contributed by atoms with Crippen molar-refractivity contribution in [2.45, 2.75) is 19.6 Å². The van der Waals surface area contributed by atoms with Crippen LogP contribution in [0.15, 0.2) is 0 Å². The molecule has 0 aliphatic heterocycles. The summed E-state index contributed by atoms with van der Waals surface area (Å²) in [6, 6.07) is 0. The van der Waals surface area contributed by atoms with Crippen molar-refractivity contribution in [1.29, 1.82) is 0 Å². The van der Waals surface area contributed by atoms with Gasteiger partial charge in [0.1, 0.15) is 10.8 Å². The molecule has 0 fully saturated rings. The molecule has 0 spiro atoms. The van der Waals surface area contributed by atoms with Crippen LogP contribution in [0.25, 0.3) is 0 Å². The maximum atomic E-state index is 13.5. The summed E-state index contributed by atoms with van der Waals surface area (Å²) in [5.41, 5.74) is 0. The first-order valence-electron chi connectivity index (χ1n) is 4.19. The maximum Gasteiger partial charge on any atom is 0.196 e. The molecule has 0 aliphatic carbocycles. The molecule has 0 radical (unpaired) electrons. The minimum atomic E-state index is -2.45. The van der Waals surface area contributed by atoms with E-state index in [9.17, 15) is 17.6 Å². The van der Waals surface area contributed by atoms with Gasteiger partial charge in [-0.05, 0) is 0 Å². The predicted octanol–water partition coefficient (Wildman–Crippen LogP) is 3.44. The van der Waals surface area contributed by atoms with E-state index in [1.807, 2.05) is 0 Å². The molecule has 6 heteroatoms. The lowest BCUT2D eigenvalue weighted by Crippen LogP contribution is -2.43. The Balaban J connectivity index is 3.68. The summed E-state index contributed by atoms with van der Waals surface area (Å²) < 4.78 is 52.6. The second-order valence-electron chi connectivity index (χ2n) is 4.19. The van der Waals surface area contributed by atoms with Crippen molar-refractivity contribution >= 4 is 24.9 Å². The van der Waals surface area contributed by atoms with Crippen molar-refractivity contribution in [3.63, 3.8) is 0 Å². The van der Waals surface area contributed by atoms with Crippen LogP contribution in [-0.4, -0.2) is 8.07 Å². The Morgan fingerprint density at radius 3 is 1.67 bits per heavy atom. The molecular weight excluding hydrogens is 248 g/mol. The fraction of sp³-hybridized carbons (Fsp3) is 0.333. The highest BCUT2D eigenvalue weighted by molar-refractivity contribution is 6.88. The third kappa shape index (κ3) is 2.03. The van der Waals surface area contributed by atoms with Crippen molar-refractivity contribution in [1.82, 2.24) is 0 Å². The van der Waals surface area contributed by atoms with E-state index in [4.69, 9.17) is 11.6 Å². The zero-order valence-corrected chi connectivity index (χ0v) is 10.1. The smallest absolute Gasteiger partial charge is 0.196 e. The van der Waals surface area contributed by atoms with Gasteiger partial charge in [-0.15, -0.1) is 0 Å². The van der Waals surface area contributed by atoms with Crippen LogP contribution in [-0.2, 0) is 0 Å². The fourth-order valence-corrected chi connectivity index (χ4v) is 3.07. The molecule has 15 heavy (non-hydrogen) atoms. The first-order valence-corrected chi connectivity index (χ1v) is 8.07. The second-order valence-corrected chi connectivity index (χ2v) is 9.57. The first-order chi connectivity index (χ1) is 6.68. The van der Waals surface area contributed by atoms with Crippen LogP contribution in [0.3, 0.4) is 0 Å². The molecule has 0 saturated carbocycles. The summed E-state index contributed by atoms with van der Waals surface area (Å²) in [7, 11) is -2.45. The Hall–Kier alpha value is -0.553. The van der Waals surface area contributed by atoms with Gasteiger partial charge in [-0.3, -0.25) is 0 Å². The molecule has 0 saturated heterocycles. The quantitative estimate of drug-likeness (QED) is 0.313. The van der Waals surface area contributed by atoms with Crippen LogP contribution >= 0.6 is 11.6 Å². The van der Waals surface area contributed by atoms with Gasteiger partial charge in [-0.25, -0.2) is 17.6 Å². The molecule has 1 rings (SSSR count). The van der Waals surface area contributed by atoms with Gasteiger partial charge in [0.15, 0.2) is 17.5 Å². The van der Waals surface area contributed by atoms with Crippen LogP contribution in [0, 0.1) is 23.3 Å². The molecule has 0 bridgehead atoms. The minimum absolute atomic E-state index is 0.411. The largest absolute Gasteiger partial charge is 0.205 e. The molecule has 0 heterocycles. The molecule has 0 nitrogen and oxygen atoms in total. The van der Waals surface area contributed by atoms with Gasteiger partial charge in [0, 0.05) is 5.19 Å². The fourth-order valence-electron chi connectivity index (χ4n) is 1.26. The summed E-state index contributed by atoms with van der Waals surface area (Å²) in [6.07, 6.45) is 0. The lowest BCUT2D eigenvalue weighted by Gasteiger charge is -2.19. The van der Waals surface area contributed by atoms with Crippen molar-refractivity contribution < 1.29 is 17.6 Å². The van der Waals surface area contributed by atoms with Crippen molar-refractivity contribution in [3.8, 4) is 0 Å². The van der Waals surface area contributed by atoms with Crippen molar-refractivity contribution in [2.75, 3.05) is 0 Å². The van der Waals surface area contributed by atoms with Crippen LogP contribution in [0.1, 0.15) is 0 Å². The van der Waals surface area contributed by atoms with Crippen LogP contribution < -0.4 is 5.19 Å². The average Bonchev–Trinajstić information content (AvgIpc) is 2.09. The molecular formula is C9H9ClF4Si. The van der Waals surface area contributed by atoms with Gasteiger partial charge in [0.05, 0.1) is 8.07 Å². The van der Waals surface area contributed by atoms with Crippen molar-refractivity contribution in [3.05, 3.63) is 28.3 Å². The molecule has 0 aromatic heterocycles. The maximum absolute atomic E-state index is 13.5. The van der Waals surface area contributed by atoms with Gasteiger partial charge in [0.2, 0.25) is 0 Å². The molecule has 0 amide bonds. The van der Waals surface area contributed by atoms with E-state index in [2.05, 4.69) is 0 Å². The molecule has 0 N–H and O–H groups in total. The highest BCUT2D eigenvalue weighted by Gasteiger charge is 2.32. The van der Waals surface area contributed by atoms with Gasteiger partial charge in [-0.2, -0.15) is 0 Å². The SMILES string of the molecule is C[Si](C)(C)c1c(F)c(F)c(F)c(Cl)c1F. The van der Waals surface area contributed by atoms with E-state index >= 15 is 0 Å². The highest BCUT2D eigenvalue weighted by Crippen LogP contribution is 2.24. The number of benzene rings is 1. The second kappa shape index (κ2) is 3.79. The van der Waals surface area contributed by atoms with Gasteiger partial charge < -0.3 is 0 Å². The Bertz CT molecular complexity index is 383. The molecule has 1 aromatic rings. The standard InChI is InChI=1S/C9H9ClF4Si/c1-15(2,3)9-6(12)4(10)5(11)7(13)8(9)14/h1-3H3. The van der Waals surface area contributed by atoms with E-state index in [0.717, 1.165) is 0 Å². The Morgan fingerprint density at radius 1 is 0.800 bits per heavy atom.